The van der Waals surface area contributed by atoms with Crippen LogP contribution in [0.1, 0.15) is 30.4 Å². The zero-order valence-corrected chi connectivity index (χ0v) is 18.2. The smallest absolute Gasteiger partial charge is 0.265 e. The molecule has 0 radical (unpaired) electrons. The Bertz CT molecular complexity index is 1090. The largest absolute Gasteiger partial charge is 0.335 e. The van der Waals surface area contributed by atoms with Crippen LogP contribution in [0.25, 0.3) is 0 Å². The Hall–Kier alpha value is -3.16. The summed E-state index contributed by atoms with van der Waals surface area (Å²) in [6.45, 7) is 1.82. The summed E-state index contributed by atoms with van der Waals surface area (Å²) in [4.78, 5) is 42.0. The summed E-state index contributed by atoms with van der Waals surface area (Å²) in [5, 5.41) is 4.95. The number of amides is 3. The van der Waals surface area contributed by atoms with E-state index in [0.29, 0.717) is 52.9 Å². The highest BCUT2D eigenvalue weighted by Crippen LogP contribution is 2.25. The minimum Gasteiger partial charge on any atom is -0.335 e. The average Bonchev–Trinajstić information content (AvgIpc) is 3.35. The van der Waals surface area contributed by atoms with E-state index < -0.39 is 0 Å². The first kappa shape index (κ1) is 21.1. The highest BCUT2D eigenvalue weighted by molar-refractivity contribution is 7.12. The van der Waals surface area contributed by atoms with Crippen LogP contribution >= 0.6 is 22.9 Å². The first-order chi connectivity index (χ1) is 15.0. The highest BCUT2D eigenvalue weighted by atomic mass is 35.5. The van der Waals surface area contributed by atoms with Crippen molar-refractivity contribution >= 4 is 46.3 Å². The van der Waals surface area contributed by atoms with Gasteiger partial charge in [0.05, 0.1) is 15.6 Å². The maximum absolute atomic E-state index is 13.0. The molecule has 2 aromatic carbocycles. The Balaban J connectivity index is 1.41. The summed E-state index contributed by atoms with van der Waals surface area (Å²) < 4.78 is 0. The number of piperazine rings is 1. The molecule has 1 saturated heterocycles. The molecule has 0 unspecified atom stereocenters. The predicted molar refractivity (Wildman–Crippen MR) is 122 cm³/mol. The summed E-state index contributed by atoms with van der Waals surface area (Å²) in [6, 6.07) is 17.5. The summed E-state index contributed by atoms with van der Waals surface area (Å²) in [5.74, 6) is -0.456. The molecule has 3 aromatic rings. The van der Waals surface area contributed by atoms with Gasteiger partial charge in [-0.05, 0) is 41.8 Å². The lowest BCUT2D eigenvalue weighted by Gasteiger charge is -2.35. The molecule has 6 nitrogen and oxygen atoms in total. The third-order valence-corrected chi connectivity index (χ3v) is 6.28. The Morgan fingerprint density at radius 3 is 2.06 bits per heavy atom. The highest BCUT2D eigenvalue weighted by Gasteiger charge is 2.26. The van der Waals surface area contributed by atoms with Gasteiger partial charge in [-0.3, -0.25) is 14.4 Å². The molecule has 4 rings (SSSR count). The zero-order chi connectivity index (χ0) is 21.8. The number of nitrogens with one attached hydrogen (secondary N) is 1. The van der Waals surface area contributed by atoms with E-state index in [4.69, 9.17) is 11.6 Å². The van der Waals surface area contributed by atoms with Gasteiger partial charge in [-0.1, -0.05) is 35.9 Å². The average molecular weight is 454 g/mol. The lowest BCUT2D eigenvalue weighted by Crippen LogP contribution is -2.50. The maximum Gasteiger partial charge on any atom is 0.265 e. The fourth-order valence-corrected chi connectivity index (χ4v) is 4.19. The first-order valence-corrected chi connectivity index (χ1v) is 11.1. The third-order valence-electron chi connectivity index (χ3n) is 5.08. The number of anilines is 1. The second-order valence-corrected chi connectivity index (χ2v) is 8.43. The normalized spacial score (nSPS) is 13.7. The van der Waals surface area contributed by atoms with Crippen LogP contribution in [0.15, 0.2) is 66.0 Å². The van der Waals surface area contributed by atoms with Gasteiger partial charge < -0.3 is 15.1 Å². The molecule has 0 saturated carbocycles. The zero-order valence-electron chi connectivity index (χ0n) is 16.6. The number of benzene rings is 2. The molecule has 1 fully saturated rings. The van der Waals surface area contributed by atoms with Crippen molar-refractivity contribution in [1.29, 1.82) is 0 Å². The quantitative estimate of drug-likeness (QED) is 0.642. The van der Waals surface area contributed by atoms with E-state index in [-0.39, 0.29) is 17.7 Å². The van der Waals surface area contributed by atoms with Crippen LogP contribution < -0.4 is 5.32 Å². The van der Waals surface area contributed by atoms with Crippen LogP contribution in [0.4, 0.5) is 5.69 Å². The molecule has 1 aromatic heterocycles. The van der Waals surface area contributed by atoms with Crippen molar-refractivity contribution < 1.29 is 14.4 Å². The number of hydrogen-bond acceptors (Lipinski definition) is 4. The number of halogens is 1. The Kier molecular flexibility index (Phi) is 6.34. The van der Waals surface area contributed by atoms with Crippen molar-refractivity contribution in [2.24, 2.45) is 0 Å². The van der Waals surface area contributed by atoms with Crippen LogP contribution in [0.2, 0.25) is 5.02 Å². The minimum absolute atomic E-state index is 0.0298. The van der Waals surface area contributed by atoms with E-state index in [1.54, 1.807) is 52.3 Å². The molecule has 158 valence electrons. The second-order valence-electron chi connectivity index (χ2n) is 7.08. The SMILES string of the molecule is O=C(Nc1cc(C(=O)N2CCN(C(=O)c3ccccc3)CC2)ccc1Cl)c1cccs1. The molecular formula is C23H20ClN3O3S. The summed E-state index contributed by atoms with van der Waals surface area (Å²) in [7, 11) is 0. The molecule has 31 heavy (non-hydrogen) atoms. The van der Waals surface area contributed by atoms with E-state index >= 15 is 0 Å². The van der Waals surface area contributed by atoms with Gasteiger partial charge in [-0.2, -0.15) is 0 Å². The number of nitrogens with zero attached hydrogens (tertiary/aromatic N) is 2. The van der Waals surface area contributed by atoms with E-state index in [1.165, 1.54) is 11.3 Å². The standard InChI is InChI=1S/C23H20ClN3O3S/c24-18-9-8-17(15-19(18)25-21(28)20-7-4-14-31-20)23(30)27-12-10-26(11-13-27)22(29)16-5-2-1-3-6-16/h1-9,14-15H,10-13H2,(H,25,28). The molecule has 0 bridgehead atoms. The molecule has 8 heteroatoms. The van der Waals surface area contributed by atoms with Crippen molar-refractivity contribution in [2.75, 3.05) is 31.5 Å². The van der Waals surface area contributed by atoms with Crippen molar-refractivity contribution in [2.45, 2.75) is 0 Å². The van der Waals surface area contributed by atoms with Gasteiger partial charge in [0.2, 0.25) is 0 Å². The van der Waals surface area contributed by atoms with Crippen molar-refractivity contribution in [1.82, 2.24) is 9.80 Å². The predicted octanol–water partition coefficient (Wildman–Crippen LogP) is 4.25. The van der Waals surface area contributed by atoms with Crippen LogP contribution in [0.3, 0.4) is 0 Å². The first-order valence-electron chi connectivity index (χ1n) is 9.81. The monoisotopic (exact) mass is 453 g/mol. The van der Waals surface area contributed by atoms with E-state index in [1.807, 2.05) is 23.6 Å². The number of carbonyl (C=O) groups excluding carboxylic acids is 3. The van der Waals surface area contributed by atoms with Crippen molar-refractivity contribution in [3.63, 3.8) is 0 Å². The molecule has 0 atom stereocenters. The van der Waals surface area contributed by atoms with Crippen LogP contribution in [-0.4, -0.2) is 53.7 Å². The van der Waals surface area contributed by atoms with Gasteiger partial charge >= 0.3 is 0 Å². The van der Waals surface area contributed by atoms with E-state index in [2.05, 4.69) is 5.32 Å². The summed E-state index contributed by atoms with van der Waals surface area (Å²) in [6.07, 6.45) is 0. The number of hydrogen-bond donors (Lipinski definition) is 1. The van der Waals surface area contributed by atoms with Crippen LogP contribution in [-0.2, 0) is 0 Å². The Labute approximate surface area is 189 Å². The van der Waals surface area contributed by atoms with Gasteiger partial charge in [-0.15, -0.1) is 11.3 Å². The summed E-state index contributed by atoms with van der Waals surface area (Å²) >= 11 is 7.55. The van der Waals surface area contributed by atoms with E-state index in [0.717, 1.165) is 0 Å². The topological polar surface area (TPSA) is 69.7 Å². The summed E-state index contributed by atoms with van der Waals surface area (Å²) in [5.41, 5.74) is 1.48. The van der Waals surface area contributed by atoms with Gasteiger partial charge in [0, 0.05) is 37.3 Å². The third kappa shape index (κ3) is 4.78. The Morgan fingerprint density at radius 2 is 1.45 bits per heavy atom. The Morgan fingerprint density at radius 1 is 0.806 bits per heavy atom. The van der Waals surface area contributed by atoms with Gasteiger partial charge in [0.25, 0.3) is 17.7 Å². The number of rotatable bonds is 4. The molecule has 1 N–H and O–H groups in total. The van der Waals surface area contributed by atoms with Crippen LogP contribution in [0.5, 0.6) is 0 Å². The molecule has 1 aliphatic heterocycles. The minimum atomic E-state index is -0.269. The lowest BCUT2D eigenvalue weighted by molar-refractivity contribution is 0.0535. The fourth-order valence-electron chi connectivity index (χ4n) is 3.40. The molecular weight excluding hydrogens is 434 g/mol. The number of thiophene rings is 1. The van der Waals surface area contributed by atoms with Crippen LogP contribution in [0, 0.1) is 0 Å². The van der Waals surface area contributed by atoms with Gasteiger partial charge in [0.1, 0.15) is 0 Å². The molecule has 0 spiro atoms. The number of carbonyl (C=O) groups is 3. The molecule has 1 aliphatic rings. The molecule has 2 heterocycles. The lowest BCUT2D eigenvalue weighted by atomic mass is 10.1. The van der Waals surface area contributed by atoms with Gasteiger partial charge in [-0.25, -0.2) is 0 Å². The van der Waals surface area contributed by atoms with Crippen molar-refractivity contribution in [3.05, 3.63) is 87.1 Å². The van der Waals surface area contributed by atoms with Crippen molar-refractivity contribution in [3.8, 4) is 0 Å². The molecule has 0 aliphatic carbocycles. The van der Waals surface area contributed by atoms with Gasteiger partial charge in [0.15, 0.2) is 0 Å². The molecule has 3 amide bonds. The fraction of sp³-hybridized carbons (Fsp3) is 0.174. The maximum atomic E-state index is 13.0. The van der Waals surface area contributed by atoms with E-state index in [9.17, 15) is 14.4 Å². The second kappa shape index (κ2) is 9.32.